The molecule has 24 heavy (non-hydrogen) atoms. The van der Waals surface area contributed by atoms with Crippen LogP contribution in [0, 0.1) is 6.92 Å². The number of carbonyl (C=O) groups is 3. The SMILES string of the molecule is CC(=O)c1cc(C)cc(-n2c(N)c3c(cc2=O)C(=O)NC3=O)c1O. The number of phenolic OH excluding ortho intramolecular Hbond substituents is 1. The number of hydrogen-bond donors (Lipinski definition) is 3. The summed E-state index contributed by atoms with van der Waals surface area (Å²) in [7, 11) is 0. The van der Waals surface area contributed by atoms with Gasteiger partial charge in [0.05, 0.1) is 22.4 Å². The molecule has 0 saturated heterocycles. The molecule has 4 N–H and O–H groups in total. The Morgan fingerprint density at radius 2 is 1.83 bits per heavy atom. The van der Waals surface area contributed by atoms with Crippen molar-refractivity contribution < 1.29 is 19.5 Å². The van der Waals surface area contributed by atoms with E-state index in [0.717, 1.165) is 10.6 Å². The van der Waals surface area contributed by atoms with Gasteiger partial charge in [-0.1, -0.05) is 0 Å². The second-order valence-electron chi connectivity index (χ2n) is 5.51. The van der Waals surface area contributed by atoms with E-state index in [9.17, 15) is 24.3 Å². The average Bonchev–Trinajstić information content (AvgIpc) is 2.76. The Morgan fingerprint density at radius 3 is 2.46 bits per heavy atom. The van der Waals surface area contributed by atoms with Crippen LogP contribution in [0.5, 0.6) is 5.75 Å². The van der Waals surface area contributed by atoms with Gasteiger partial charge in [0.25, 0.3) is 17.4 Å². The number of anilines is 1. The number of benzene rings is 1. The smallest absolute Gasteiger partial charge is 0.262 e. The summed E-state index contributed by atoms with van der Waals surface area (Å²) in [4.78, 5) is 47.6. The number of aryl methyl sites for hydroxylation is 1. The summed E-state index contributed by atoms with van der Waals surface area (Å²) < 4.78 is 0.909. The lowest BCUT2D eigenvalue weighted by Gasteiger charge is -2.15. The lowest BCUT2D eigenvalue weighted by molar-refractivity contribution is 0.0878. The highest BCUT2D eigenvalue weighted by Crippen LogP contribution is 2.31. The Bertz CT molecular complexity index is 1000. The number of nitrogens with zero attached hydrogens (tertiary/aromatic N) is 1. The lowest BCUT2D eigenvalue weighted by atomic mass is 10.0. The fraction of sp³-hybridized carbons (Fsp3) is 0.125. The molecular weight excluding hydrogens is 314 g/mol. The van der Waals surface area contributed by atoms with Crippen molar-refractivity contribution in [3.8, 4) is 11.4 Å². The molecular formula is C16H13N3O5. The summed E-state index contributed by atoms with van der Waals surface area (Å²) in [6.45, 7) is 2.96. The van der Waals surface area contributed by atoms with Crippen LogP contribution < -0.4 is 16.6 Å². The summed E-state index contributed by atoms with van der Waals surface area (Å²) in [6, 6.07) is 3.91. The van der Waals surface area contributed by atoms with Crippen molar-refractivity contribution in [3.05, 3.63) is 50.8 Å². The third-order valence-electron chi connectivity index (χ3n) is 3.81. The van der Waals surface area contributed by atoms with E-state index < -0.39 is 28.9 Å². The minimum absolute atomic E-state index is 0.0253. The maximum Gasteiger partial charge on any atom is 0.262 e. The largest absolute Gasteiger partial charge is 0.505 e. The Morgan fingerprint density at radius 1 is 1.17 bits per heavy atom. The molecule has 0 radical (unpaired) electrons. The summed E-state index contributed by atoms with van der Waals surface area (Å²) in [5.41, 5.74) is 5.58. The van der Waals surface area contributed by atoms with Crippen LogP contribution in [0.4, 0.5) is 5.82 Å². The van der Waals surface area contributed by atoms with E-state index in [1.807, 2.05) is 0 Å². The number of nitrogen functional groups attached to an aromatic ring is 1. The van der Waals surface area contributed by atoms with Crippen molar-refractivity contribution in [1.29, 1.82) is 0 Å². The number of nitrogens with two attached hydrogens (primary N) is 1. The highest BCUT2D eigenvalue weighted by atomic mass is 16.3. The first-order valence-corrected chi connectivity index (χ1v) is 6.98. The van der Waals surface area contributed by atoms with Gasteiger partial charge >= 0.3 is 0 Å². The monoisotopic (exact) mass is 327 g/mol. The number of phenols is 1. The van der Waals surface area contributed by atoms with Crippen LogP contribution in [0.25, 0.3) is 5.69 Å². The van der Waals surface area contributed by atoms with Crippen LogP contribution in [-0.4, -0.2) is 27.3 Å². The van der Waals surface area contributed by atoms with Crippen LogP contribution in [0.3, 0.4) is 0 Å². The van der Waals surface area contributed by atoms with E-state index in [2.05, 4.69) is 5.32 Å². The highest BCUT2D eigenvalue weighted by Gasteiger charge is 2.32. The van der Waals surface area contributed by atoms with E-state index in [1.54, 1.807) is 6.92 Å². The van der Waals surface area contributed by atoms with Crippen molar-refractivity contribution in [2.45, 2.75) is 13.8 Å². The van der Waals surface area contributed by atoms with E-state index in [1.165, 1.54) is 19.1 Å². The Kier molecular flexibility index (Phi) is 3.26. The first kappa shape index (κ1) is 15.5. The van der Waals surface area contributed by atoms with Gasteiger partial charge in [-0.05, 0) is 31.5 Å². The second-order valence-corrected chi connectivity index (χ2v) is 5.51. The molecule has 122 valence electrons. The van der Waals surface area contributed by atoms with Gasteiger partial charge in [-0.15, -0.1) is 0 Å². The van der Waals surface area contributed by atoms with Gasteiger partial charge in [-0.2, -0.15) is 0 Å². The third kappa shape index (κ3) is 2.08. The van der Waals surface area contributed by atoms with Crippen molar-refractivity contribution >= 4 is 23.4 Å². The van der Waals surface area contributed by atoms with Gasteiger partial charge < -0.3 is 10.8 Å². The zero-order valence-electron chi connectivity index (χ0n) is 12.8. The molecule has 0 saturated carbocycles. The predicted molar refractivity (Wildman–Crippen MR) is 84.7 cm³/mol. The van der Waals surface area contributed by atoms with Crippen LogP contribution in [0.1, 0.15) is 43.6 Å². The number of Topliss-reactive ketones (excluding diaryl/α,β-unsaturated/α-hetero) is 1. The molecule has 2 aromatic rings. The predicted octanol–water partition coefficient (Wildman–Crippen LogP) is 0.520. The zero-order valence-corrected chi connectivity index (χ0v) is 12.8. The molecule has 0 bridgehead atoms. The van der Waals surface area contributed by atoms with Crippen LogP contribution >= 0.6 is 0 Å². The van der Waals surface area contributed by atoms with Gasteiger partial charge in [0, 0.05) is 6.07 Å². The number of ketones is 1. The van der Waals surface area contributed by atoms with Gasteiger partial charge in [-0.25, -0.2) is 0 Å². The van der Waals surface area contributed by atoms with E-state index in [-0.39, 0.29) is 28.2 Å². The number of amides is 2. The fourth-order valence-electron chi connectivity index (χ4n) is 2.73. The molecule has 0 unspecified atom stereocenters. The number of aromatic hydroxyl groups is 1. The average molecular weight is 327 g/mol. The summed E-state index contributed by atoms with van der Waals surface area (Å²) in [5, 5.41) is 12.4. The molecule has 0 spiro atoms. The lowest BCUT2D eigenvalue weighted by Crippen LogP contribution is -2.24. The van der Waals surface area contributed by atoms with Gasteiger partial charge in [0.2, 0.25) is 0 Å². The fourth-order valence-corrected chi connectivity index (χ4v) is 2.73. The van der Waals surface area contributed by atoms with Crippen molar-refractivity contribution in [2.75, 3.05) is 5.73 Å². The van der Waals surface area contributed by atoms with Crippen LogP contribution in [0.2, 0.25) is 0 Å². The molecule has 8 nitrogen and oxygen atoms in total. The molecule has 1 aromatic carbocycles. The summed E-state index contributed by atoms with van der Waals surface area (Å²) >= 11 is 0. The van der Waals surface area contributed by atoms with Crippen LogP contribution in [0.15, 0.2) is 23.0 Å². The van der Waals surface area contributed by atoms with E-state index >= 15 is 0 Å². The van der Waals surface area contributed by atoms with Crippen LogP contribution in [-0.2, 0) is 0 Å². The molecule has 3 rings (SSSR count). The minimum Gasteiger partial charge on any atom is -0.505 e. The second kappa shape index (κ2) is 5.05. The highest BCUT2D eigenvalue weighted by molar-refractivity contribution is 6.23. The number of aromatic nitrogens is 1. The molecule has 2 amide bonds. The summed E-state index contributed by atoms with van der Waals surface area (Å²) in [6.07, 6.45) is 0. The van der Waals surface area contributed by atoms with E-state index in [0.29, 0.717) is 5.56 Å². The number of pyridine rings is 1. The standard InChI is InChI=1S/C16H13N3O5/c1-6-3-8(7(2)20)13(22)10(4-6)19-11(21)5-9-12(14(19)17)16(24)18-15(9)23/h3-5,22H,17H2,1-2H3,(H,18,23,24). The molecule has 1 aliphatic rings. The van der Waals surface area contributed by atoms with Gasteiger partial charge in [-0.3, -0.25) is 29.1 Å². The van der Waals surface area contributed by atoms with Crippen molar-refractivity contribution in [1.82, 2.24) is 9.88 Å². The van der Waals surface area contributed by atoms with Crippen molar-refractivity contribution in [2.24, 2.45) is 0 Å². The summed E-state index contributed by atoms with van der Waals surface area (Å²) in [5.74, 6) is -2.52. The molecule has 2 heterocycles. The first-order chi connectivity index (χ1) is 11.2. The minimum atomic E-state index is -0.722. The number of carbonyl (C=O) groups excluding carboxylic acids is 3. The maximum atomic E-state index is 12.4. The first-order valence-electron chi connectivity index (χ1n) is 6.98. The Labute approximate surface area is 135 Å². The Balaban J connectivity index is 2.40. The Hall–Kier alpha value is -3.42. The topological polar surface area (TPSA) is 131 Å². The number of hydrogen-bond acceptors (Lipinski definition) is 6. The normalized spacial score (nSPS) is 12.9. The molecule has 0 fully saturated rings. The number of imide groups is 1. The molecule has 0 atom stereocenters. The number of rotatable bonds is 2. The number of nitrogens with one attached hydrogen (secondary N) is 1. The van der Waals surface area contributed by atoms with Crippen molar-refractivity contribution in [3.63, 3.8) is 0 Å². The molecule has 8 heteroatoms. The number of fused-ring (bicyclic) bond motifs is 1. The quantitative estimate of drug-likeness (QED) is 0.544. The molecule has 1 aliphatic heterocycles. The van der Waals surface area contributed by atoms with Gasteiger partial charge in [0.1, 0.15) is 5.82 Å². The molecule has 0 aliphatic carbocycles. The maximum absolute atomic E-state index is 12.4. The zero-order chi connectivity index (χ0) is 17.8. The third-order valence-corrected chi connectivity index (χ3v) is 3.81. The molecule has 1 aromatic heterocycles. The van der Waals surface area contributed by atoms with Gasteiger partial charge in [0.15, 0.2) is 11.5 Å². The van der Waals surface area contributed by atoms with E-state index in [4.69, 9.17) is 5.73 Å².